The van der Waals surface area contributed by atoms with Gasteiger partial charge in [0.15, 0.2) is 0 Å². The van der Waals surface area contributed by atoms with E-state index in [1.54, 1.807) is 0 Å². The third-order valence-electron chi connectivity index (χ3n) is 2.29. The van der Waals surface area contributed by atoms with Gasteiger partial charge in [-0.2, -0.15) is 0 Å². The van der Waals surface area contributed by atoms with Crippen LogP contribution in [0.15, 0.2) is 0 Å². The van der Waals surface area contributed by atoms with Gasteiger partial charge in [-0.3, -0.25) is 0 Å². The van der Waals surface area contributed by atoms with Gasteiger partial charge in [-0.1, -0.05) is 0 Å². The lowest BCUT2D eigenvalue weighted by molar-refractivity contribution is -0.0660. The molecule has 0 aromatic rings. The molecule has 0 radical (unpaired) electrons. The van der Waals surface area contributed by atoms with Gasteiger partial charge in [0.05, 0.1) is 18.3 Å². The van der Waals surface area contributed by atoms with Crippen molar-refractivity contribution in [2.24, 2.45) is 0 Å². The second-order valence-corrected chi connectivity index (χ2v) is 3.17. The average molecular weight is 143 g/mol. The number of nitrogens with one attached hydrogen (secondary N) is 1. The SMILES string of the molecule is OC1([C@H]2CNCCO2)CC1. The summed E-state index contributed by atoms with van der Waals surface area (Å²) in [5.41, 5.74) is -0.465. The molecule has 0 amide bonds. The molecule has 2 N–H and O–H groups in total. The standard InChI is InChI=1S/C7H13NO2/c9-7(1-2-7)6-5-8-3-4-10-6/h6,8-9H,1-5H2/t6-/m1/s1. The minimum absolute atomic E-state index is 0.0567. The molecule has 1 saturated carbocycles. The summed E-state index contributed by atoms with van der Waals surface area (Å²) in [6, 6.07) is 0. The van der Waals surface area contributed by atoms with E-state index in [2.05, 4.69) is 5.32 Å². The third kappa shape index (κ3) is 1.05. The van der Waals surface area contributed by atoms with Crippen molar-refractivity contribution in [3.63, 3.8) is 0 Å². The molecule has 0 aromatic carbocycles. The Balaban J connectivity index is 1.91. The summed E-state index contributed by atoms with van der Waals surface area (Å²) in [6.07, 6.45) is 1.89. The van der Waals surface area contributed by atoms with E-state index in [-0.39, 0.29) is 6.10 Å². The van der Waals surface area contributed by atoms with Gasteiger partial charge in [-0.15, -0.1) is 0 Å². The Morgan fingerprint density at radius 2 is 2.30 bits per heavy atom. The lowest BCUT2D eigenvalue weighted by Gasteiger charge is -2.27. The monoisotopic (exact) mass is 143 g/mol. The van der Waals surface area contributed by atoms with Crippen molar-refractivity contribution in [2.45, 2.75) is 24.5 Å². The number of hydrogen-bond acceptors (Lipinski definition) is 3. The Labute approximate surface area is 60.4 Å². The summed E-state index contributed by atoms with van der Waals surface area (Å²) < 4.78 is 5.39. The Kier molecular flexibility index (Phi) is 1.44. The van der Waals surface area contributed by atoms with Crippen LogP contribution in [0.1, 0.15) is 12.8 Å². The normalized spacial score (nSPS) is 37.5. The number of ether oxygens (including phenoxy) is 1. The highest BCUT2D eigenvalue weighted by molar-refractivity contribution is 5.02. The second-order valence-electron chi connectivity index (χ2n) is 3.17. The first kappa shape index (κ1) is 6.58. The lowest BCUT2D eigenvalue weighted by atomic mass is 10.1. The first-order valence-corrected chi connectivity index (χ1v) is 3.86. The van der Waals surface area contributed by atoms with Crippen molar-refractivity contribution < 1.29 is 9.84 Å². The van der Waals surface area contributed by atoms with Crippen molar-refractivity contribution in [1.29, 1.82) is 0 Å². The summed E-state index contributed by atoms with van der Waals surface area (Å²) in [4.78, 5) is 0. The zero-order valence-corrected chi connectivity index (χ0v) is 5.97. The van der Waals surface area contributed by atoms with Crippen molar-refractivity contribution in [2.75, 3.05) is 19.7 Å². The minimum Gasteiger partial charge on any atom is -0.387 e. The van der Waals surface area contributed by atoms with Crippen LogP contribution in [0.4, 0.5) is 0 Å². The first-order valence-electron chi connectivity index (χ1n) is 3.86. The number of morpholine rings is 1. The summed E-state index contributed by atoms with van der Waals surface area (Å²) >= 11 is 0. The van der Waals surface area contributed by atoms with Crippen molar-refractivity contribution in [3.8, 4) is 0 Å². The van der Waals surface area contributed by atoms with Crippen molar-refractivity contribution in [1.82, 2.24) is 5.32 Å². The lowest BCUT2D eigenvalue weighted by Crippen LogP contribution is -2.46. The van der Waals surface area contributed by atoms with E-state index >= 15 is 0 Å². The largest absolute Gasteiger partial charge is 0.387 e. The Bertz CT molecular complexity index is 128. The molecule has 3 nitrogen and oxygen atoms in total. The smallest absolute Gasteiger partial charge is 0.0986 e. The molecule has 3 heteroatoms. The van der Waals surface area contributed by atoms with Crippen LogP contribution < -0.4 is 5.32 Å². The van der Waals surface area contributed by atoms with E-state index in [0.29, 0.717) is 0 Å². The van der Waals surface area contributed by atoms with Gasteiger partial charge in [0, 0.05) is 13.1 Å². The summed E-state index contributed by atoms with van der Waals surface area (Å²) in [5.74, 6) is 0. The van der Waals surface area contributed by atoms with Gasteiger partial charge in [0.25, 0.3) is 0 Å². The van der Waals surface area contributed by atoms with Crippen molar-refractivity contribution >= 4 is 0 Å². The van der Waals surface area contributed by atoms with Gasteiger partial charge in [-0.25, -0.2) is 0 Å². The van der Waals surface area contributed by atoms with Gasteiger partial charge in [-0.05, 0) is 12.8 Å². The Morgan fingerprint density at radius 1 is 1.50 bits per heavy atom. The fraction of sp³-hybridized carbons (Fsp3) is 1.00. The minimum atomic E-state index is -0.465. The zero-order valence-electron chi connectivity index (χ0n) is 5.97. The Morgan fingerprint density at radius 3 is 2.80 bits per heavy atom. The van der Waals surface area contributed by atoms with Gasteiger partial charge in [0.2, 0.25) is 0 Å². The molecular formula is C7H13NO2. The van der Waals surface area contributed by atoms with E-state index < -0.39 is 5.60 Å². The highest BCUT2D eigenvalue weighted by Crippen LogP contribution is 2.39. The molecule has 2 fully saturated rings. The predicted molar refractivity (Wildman–Crippen MR) is 36.8 cm³/mol. The number of hydrogen-bond donors (Lipinski definition) is 2. The highest BCUT2D eigenvalue weighted by atomic mass is 16.5. The zero-order chi connectivity index (χ0) is 7.03. The molecule has 58 valence electrons. The summed E-state index contributed by atoms with van der Waals surface area (Å²) in [6.45, 7) is 2.48. The fourth-order valence-corrected chi connectivity index (χ4v) is 1.36. The van der Waals surface area contributed by atoms with Gasteiger partial charge in [0.1, 0.15) is 0 Å². The molecule has 1 atom stereocenters. The molecule has 2 aliphatic rings. The van der Waals surface area contributed by atoms with E-state index in [1.165, 1.54) is 0 Å². The number of rotatable bonds is 1. The Hall–Kier alpha value is -0.120. The molecule has 1 aliphatic heterocycles. The maximum Gasteiger partial charge on any atom is 0.0986 e. The van der Waals surface area contributed by atoms with Crippen LogP contribution in [-0.4, -0.2) is 36.5 Å². The second kappa shape index (κ2) is 2.19. The van der Waals surface area contributed by atoms with Gasteiger partial charge < -0.3 is 15.2 Å². The number of aliphatic hydroxyl groups is 1. The van der Waals surface area contributed by atoms with E-state index in [4.69, 9.17) is 4.74 Å². The van der Waals surface area contributed by atoms with E-state index in [1.807, 2.05) is 0 Å². The van der Waals surface area contributed by atoms with E-state index in [0.717, 1.165) is 32.5 Å². The third-order valence-corrected chi connectivity index (χ3v) is 2.29. The van der Waals surface area contributed by atoms with Crippen LogP contribution in [0, 0.1) is 0 Å². The predicted octanol–water partition coefficient (Wildman–Crippen LogP) is -0.500. The first-order chi connectivity index (χ1) is 4.81. The van der Waals surface area contributed by atoms with Crippen LogP contribution in [-0.2, 0) is 4.74 Å². The molecule has 0 aromatic heterocycles. The molecule has 1 aliphatic carbocycles. The quantitative estimate of drug-likeness (QED) is 0.520. The topological polar surface area (TPSA) is 41.5 Å². The van der Waals surface area contributed by atoms with Crippen LogP contribution in [0.5, 0.6) is 0 Å². The maximum atomic E-state index is 9.59. The van der Waals surface area contributed by atoms with Crippen LogP contribution in [0.25, 0.3) is 0 Å². The van der Waals surface area contributed by atoms with Crippen LogP contribution in [0.2, 0.25) is 0 Å². The molecule has 0 bridgehead atoms. The molecule has 0 unspecified atom stereocenters. The summed E-state index contributed by atoms with van der Waals surface area (Å²) in [7, 11) is 0. The molecule has 10 heavy (non-hydrogen) atoms. The summed E-state index contributed by atoms with van der Waals surface area (Å²) in [5, 5.41) is 12.8. The maximum absolute atomic E-state index is 9.59. The molecule has 1 heterocycles. The molecular weight excluding hydrogens is 130 g/mol. The van der Waals surface area contributed by atoms with Crippen LogP contribution in [0.3, 0.4) is 0 Å². The van der Waals surface area contributed by atoms with Gasteiger partial charge >= 0.3 is 0 Å². The van der Waals surface area contributed by atoms with Crippen molar-refractivity contribution in [3.05, 3.63) is 0 Å². The fourth-order valence-electron chi connectivity index (χ4n) is 1.36. The van der Waals surface area contributed by atoms with E-state index in [9.17, 15) is 5.11 Å². The average Bonchev–Trinajstić information content (AvgIpc) is 2.72. The molecule has 2 rings (SSSR count). The van der Waals surface area contributed by atoms with Crippen LogP contribution >= 0.6 is 0 Å². The highest BCUT2D eigenvalue weighted by Gasteiger charge is 2.48. The molecule has 1 saturated heterocycles. The molecule has 0 spiro atoms.